The Morgan fingerprint density at radius 2 is 2.00 bits per heavy atom. The molecule has 5 rings (SSSR count). The minimum Gasteiger partial charge on any atom is -0.381 e. The van der Waals surface area contributed by atoms with Gasteiger partial charge in [0.15, 0.2) is 0 Å². The third-order valence-corrected chi connectivity index (χ3v) is 7.76. The summed E-state index contributed by atoms with van der Waals surface area (Å²) in [4.78, 5) is 37.5. The first-order chi connectivity index (χ1) is 18.8. The topological polar surface area (TPSA) is 96.5 Å². The van der Waals surface area contributed by atoms with Gasteiger partial charge in [0.05, 0.1) is 23.0 Å². The second kappa shape index (κ2) is 11.7. The molecule has 204 valence electrons. The summed E-state index contributed by atoms with van der Waals surface area (Å²) in [6.45, 7) is 7.72. The third kappa shape index (κ3) is 5.92. The Balaban J connectivity index is 1.33. The van der Waals surface area contributed by atoms with Crippen LogP contribution >= 0.6 is 11.6 Å². The van der Waals surface area contributed by atoms with Crippen molar-refractivity contribution in [2.75, 3.05) is 18.5 Å². The van der Waals surface area contributed by atoms with Crippen molar-refractivity contribution >= 4 is 29.4 Å². The molecule has 0 bridgehead atoms. The van der Waals surface area contributed by atoms with E-state index in [2.05, 4.69) is 26.7 Å². The van der Waals surface area contributed by atoms with E-state index in [1.165, 1.54) is 0 Å². The SMILES string of the molecule is CCC(C(=O)N[C@H](C)c1cccc(C)c1)N1Cc2ccc(-c3nc(NC4CCOCC4)ncc3Cl)cc2C1=O. The number of anilines is 1. The monoisotopic (exact) mass is 547 g/mol. The number of carbonyl (C=O) groups is 2. The predicted octanol–water partition coefficient (Wildman–Crippen LogP) is 5.31. The molecule has 39 heavy (non-hydrogen) atoms. The fourth-order valence-corrected chi connectivity index (χ4v) is 5.47. The molecule has 1 aromatic heterocycles. The zero-order chi connectivity index (χ0) is 27.5. The Kier molecular flexibility index (Phi) is 8.14. The van der Waals surface area contributed by atoms with E-state index in [1.54, 1.807) is 11.1 Å². The first-order valence-corrected chi connectivity index (χ1v) is 13.9. The van der Waals surface area contributed by atoms with Crippen molar-refractivity contribution in [3.05, 3.63) is 75.9 Å². The number of amides is 2. The van der Waals surface area contributed by atoms with Crippen molar-refractivity contribution < 1.29 is 14.3 Å². The maximum absolute atomic E-state index is 13.6. The molecule has 0 radical (unpaired) electrons. The van der Waals surface area contributed by atoms with Gasteiger partial charge in [0.1, 0.15) is 6.04 Å². The first-order valence-electron chi connectivity index (χ1n) is 13.5. The molecule has 9 heteroatoms. The summed E-state index contributed by atoms with van der Waals surface area (Å²) in [7, 11) is 0. The third-order valence-electron chi connectivity index (χ3n) is 7.48. The fraction of sp³-hybridized carbons (Fsp3) is 0.400. The minimum absolute atomic E-state index is 0.157. The van der Waals surface area contributed by atoms with E-state index in [0.717, 1.165) is 35.1 Å². The molecule has 3 heterocycles. The lowest BCUT2D eigenvalue weighted by Crippen LogP contribution is -2.47. The normalized spacial score (nSPS) is 17.0. The highest BCUT2D eigenvalue weighted by Gasteiger charge is 2.36. The van der Waals surface area contributed by atoms with Gasteiger partial charge in [-0.05, 0) is 50.3 Å². The highest BCUT2D eigenvalue weighted by molar-refractivity contribution is 6.33. The summed E-state index contributed by atoms with van der Waals surface area (Å²) in [5.41, 5.74) is 4.92. The van der Waals surface area contributed by atoms with Gasteiger partial charge in [-0.1, -0.05) is 60.5 Å². The molecule has 2 amide bonds. The van der Waals surface area contributed by atoms with Crippen LogP contribution in [-0.4, -0.2) is 52.0 Å². The lowest BCUT2D eigenvalue weighted by atomic mass is 10.0. The summed E-state index contributed by atoms with van der Waals surface area (Å²) in [6, 6.07) is 13.2. The van der Waals surface area contributed by atoms with Crippen LogP contribution in [0.3, 0.4) is 0 Å². The summed E-state index contributed by atoms with van der Waals surface area (Å²) in [5, 5.41) is 6.88. The van der Waals surface area contributed by atoms with Crippen LogP contribution in [0, 0.1) is 6.92 Å². The average molecular weight is 548 g/mol. The second-order valence-electron chi connectivity index (χ2n) is 10.3. The van der Waals surface area contributed by atoms with Gasteiger partial charge in [-0.3, -0.25) is 9.59 Å². The van der Waals surface area contributed by atoms with Crippen molar-refractivity contribution in [3.63, 3.8) is 0 Å². The number of benzene rings is 2. The van der Waals surface area contributed by atoms with Crippen LogP contribution in [0.2, 0.25) is 5.02 Å². The van der Waals surface area contributed by atoms with Gasteiger partial charge >= 0.3 is 0 Å². The van der Waals surface area contributed by atoms with E-state index in [-0.39, 0.29) is 23.9 Å². The molecule has 1 fully saturated rings. The first kappa shape index (κ1) is 27.1. The van der Waals surface area contributed by atoms with Gasteiger partial charge in [0, 0.05) is 36.9 Å². The molecule has 1 saturated heterocycles. The highest BCUT2D eigenvalue weighted by Crippen LogP contribution is 2.33. The zero-order valence-electron chi connectivity index (χ0n) is 22.5. The van der Waals surface area contributed by atoms with Gasteiger partial charge in [-0.25, -0.2) is 9.97 Å². The number of ether oxygens (including phenoxy) is 1. The number of halogens is 1. The van der Waals surface area contributed by atoms with E-state index in [9.17, 15) is 9.59 Å². The summed E-state index contributed by atoms with van der Waals surface area (Å²) < 4.78 is 5.43. The maximum atomic E-state index is 13.6. The zero-order valence-corrected chi connectivity index (χ0v) is 23.3. The molecule has 0 aliphatic carbocycles. The largest absolute Gasteiger partial charge is 0.381 e. The molecule has 2 aromatic carbocycles. The molecule has 2 N–H and O–H groups in total. The Hall–Kier alpha value is -3.49. The molecule has 2 atom stereocenters. The molecule has 0 saturated carbocycles. The van der Waals surface area contributed by atoms with Crippen LogP contribution in [0.15, 0.2) is 48.7 Å². The van der Waals surface area contributed by atoms with Crippen LogP contribution in [0.4, 0.5) is 5.95 Å². The number of fused-ring (bicyclic) bond motifs is 1. The summed E-state index contributed by atoms with van der Waals surface area (Å²) >= 11 is 6.49. The van der Waals surface area contributed by atoms with Crippen LogP contribution in [0.25, 0.3) is 11.3 Å². The van der Waals surface area contributed by atoms with Crippen molar-refractivity contribution in [2.45, 2.75) is 64.7 Å². The van der Waals surface area contributed by atoms with Gasteiger partial charge in [0.2, 0.25) is 11.9 Å². The molecule has 2 aliphatic heterocycles. The molecule has 0 spiro atoms. The lowest BCUT2D eigenvalue weighted by Gasteiger charge is -2.27. The van der Waals surface area contributed by atoms with Gasteiger partial charge in [-0.2, -0.15) is 0 Å². The van der Waals surface area contributed by atoms with Crippen LogP contribution in [0.5, 0.6) is 0 Å². The molecule has 2 aliphatic rings. The Bertz CT molecular complexity index is 1370. The number of nitrogens with one attached hydrogen (secondary N) is 2. The van der Waals surface area contributed by atoms with E-state index in [4.69, 9.17) is 16.3 Å². The lowest BCUT2D eigenvalue weighted by molar-refractivity contribution is -0.126. The average Bonchev–Trinajstić information content (AvgIpc) is 3.26. The van der Waals surface area contributed by atoms with Crippen molar-refractivity contribution in [3.8, 4) is 11.3 Å². The quantitative estimate of drug-likeness (QED) is 0.397. The van der Waals surface area contributed by atoms with Gasteiger partial charge in [-0.15, -0.1) is 0 Å². The standard InChI is InChI=1S/C30H34ClN5O3/c1-4-26(28(37)33-19(3)20-7-5-6-18(2)14-20)36-17-22-9-8-21(15-24(22)29(36)38)27-25(31)16-32-30(35-27)34-23-10-12-39-13-11-23/h5-9,14-16,19,23,26H,4,10-13,17H2,1-3H3,(H,33,37)(H,32,34,35)/t19-,26?/m1/s1. The Morgan fingerprint density at radius 1 is 1.21 bits per heavy atom. The van der Waals surface area contributed by atoms with E-state index < -0.39 is 6.04 Å². The Labute approximate surface area is 234 Å². The molecular formula is C30H34ClN5O3. The van der Waals surface area contributed by atoms with E-state index >= 15 is 0 Å². The molecule has 3 aromatic rings. The van der Waals surface area contributed by atoms with Crippen molar-refractivity contribution in [2.24, 2.45) is 0 Å². The van der Waals surface area contributed by atoms with Crippen LogP contribution < -0.4 is 10.6 Å². The van der Waals surface area contributed by atoms with Crippen molar-refractivity contribution in [1.29, 1.82) is 0 Å². The van der Waals surface area contributed by atoms with E-state index in [0.29, 0.717) is 48.4 Å². The van der Waals surface area contributed by atoms with Gasteiger partial charge < -0.3 is 20.3 Å². The number of nitrogens with zero attached hydrogens (tertiary/aromatic N) is 3. The number of aromatic nitrogens is 2. The number of hydrogen-bond donors (Lipinski definition) is 2. The smallest absolute Gasteiger partial charge is 0.255 e. The maximum Gasteiger partial charge on any atom is 0.255 e. The van der Waals surface area contributed by atoms with E-state index in [1.807, 2.05) is 57.2 Å². The number of hydrogen-bond acceptors (Lipinski definition) is 6. The summed E-state index contributed by atoms with van der Waals surface area (Å²) in [5.74, 6) is 0.179. The second-order valence-corrected chi connectivity index (χ2v) is 10.7. The summed E-state index contributed by atoms with van der Waals surface area (Å²) in [6.07, 6.45) is 3.87. The van der Waals surface area contributed by atoms with Crippen molar-refractivity contribution in [1.82, 2.24) is 20.2 Å². The van der Waals surface area contributed by atoms with Crippen LogP contribution in [-0.2, 0) is 16.1 Å². The Morgan fingerprint density at radius 3 is 2.74 bits per heavy atom. The molecular weight excluding hydrogens is 514 g/mol. The number of aryl methyl sites for hydroxylation is 1. The predicted molar refractivity (Wildman–Crippen MR) is 152 cm³/mol. The molecule has 1 unspecified atom stereocenters. The minimum atomic E-state index is -0.571. The van der Waals surface area contributed by atoms with Crippen LogP contribution in [0.1, 0.15) is 66.2 Å². The number of rotatable bonds is 8. The highest BCUT2D eigenvalue weighted by atomic mass is 35.5. The molecule has 8 nitrogen and oxygen atoms in total. The fourth-order valence-electron chi connectivity index (χ4n) is 5.27. The van der Waals surface area contributed by atoms with Gasteiger partial charge in [0.25, 0.3) is 5.91 Å². The number of carbonyl (C=O) groups excluding carboxylic acids is 2.